The van der Waals surface area contributed by atoms with Crippen LogP contribution in [0.4, 0.5) is 5.69 Å². The van der Waals surface area contributed by atoms with E-state index in [2.05, 4.69) is 14.4 Å². The maximum absolute atomic E-state index is 12.3. The number of carbonyl (C=O) groups is 1. The van der Waals surface area contributed by atoms with Crippen LogP contribution in [0, 0.1) is 6.92 Å². The predicted molar refractivity (Wildman–Crippen MR) is 80.5 cm³/mol. The van der Waals surface area contributed by atoms with Gasteiger partial charge in [-0.1, -0.05) is 29.0 Å². The van der Waals surface area contributed by atoms with Crippen molar-refractivity contribution in [1.82, 2.24) is 4.98 Å². The monoisotopic (exact) mass is 346 g/mol. The molecule has 2 rings (SSSR count). The third kappa shape index (κ3) is 3.52. The number of hydrogen-bond donors (Lipinski definition) is 1. The van der Waals surface area contributed by atoms with Crippen molar-refractivity contribution in [2.75, 3.05) is 11.8 Å². The van der Waals surface area contributed by atoms with Crippen molar-refractivity contribution in [1.29, 1.82) is 0 Å². The highest BCUT2D eigenvalue weighted by atomic mass is 35.5. The first-order valence-corrected chi connectivity index (χ1v) is 8.35. The number of nitrogens with one attached hydrogen (secondary N) is 1. The predicted octanol–water partition coefficient (Wildman–Crippen LogP) is 2.69. The van der Waals surface area contributed by atoms with Crippen molar-refractivity contribution >= 4 is 44.6 Å². The highest BCUT2D eigenvalue weighted by Gasteiger charge is 2.22. The first kappa shape index (κ1) is 15.7. The van der Waals surface area contributed by atoms with Gasteiger partial charge in [0.1, 0.15) is 0 Å². The topological polar surface area (TPSA) is 85.4 Å². The number of ether oxygens (including phenoxy) is 1. The quantitative estimate of drug-likeness (QED) is 0.860. The second-order valence-corrected chi connectivity index (χ2v) is 7.48. The van der Waals surface area contributed by atoms with E-state index in [1.807, 2.05) is 0 Å². The molecule has 0 bridgehead atoms. The highest BCUT2D eigenvalue weighted by molar-refractivity contribution is 7.94. The molecule has 2 aromatic rings. The number of aromatic nitrogens is 1. The van der Waals surface area contributed by atoms with Crippen LogP contribution in [0.5, 0.6) is 0 Å². The molecular formula is C12H11ClN2O4S2. The lowest BCUT2D eigenvalue weighted by atomic mass is 10.2. The van der Waals surface area contributed by atoms with Crippen LogP contribution in [0.15, 0.2) is 28.5 Å². The lowest BCUT2D eigenvalue weighted by Gasteiger charge is -2.08. The number of aryl methyl sites for hydroxylation is 1. The van der Waals surface area contributed by atoms with E-state index in [1.165, 1.54) is 25.3 Å². The zero-order valence-electron chi connectivity index (χ0n) is 11.1. The molecule has 0 atom stereocenters. The zero-order chi connectivity index (χ0) is 15.6. The summed E-state index contributed by atoms with van der Waals surface area (Å²) in [6.45, 7) is 1.56. The molecule has 0 aliphatic rings. The molecule has 9 heteroatoms. The summed E-state index contributed by atoms with van der Waals surface area (Å²) >= 11 is 6.58. The second-order valence-electron chi connectivity index (χ2n) is 4.02. The van der Waals surface area contributed by atoms with Crippen LogP contribution in [0.25, 0.3) is 0 Å². The number of hydrogen-bond acceptors (Lipinski definition) is 6. The van der Waals surface area contributed by atoms with Crippen LogP contribution < -0.4 is 4.72 Å². The van der Waals surface area contributed by atoms with E-state index in [-0.39, 0.29) is 19.9 Å². The molecule has 1 aromatic carbocycles. The van der Waals surface area contributed by atoms with Gasteiger partial charge in [0, 0.05) is 5.69 Å². The van der Waals surface area contributed by atoms with Crippen molar-refractivity contribution in [3.8, 4) is 0 Å². The minimum Gasteiger partial charge on any atom is -0.465 e. The molecule has 1 N–H and O–H groups in total. The zero-order valence-corrected chi connectivity index (χ0v) is 13.5. The fourth-order valence-electron chi connectivity index (χ4n) is 1.63. The number of carbonyl (C=O) groups excluding carboxylic acids is 1. The van der Waals surface area contributed by atoms with Crippen molar-refractivity contribution in [2.45, 2.75) is 11.1 Å². The molecule has 0 aliphatic carbocycles. The highest BCUT2D eigenvalue weighted by Crippen LogP contribution is 2.28. The van der Waals surface area contributed by atoms with E-state index < -0.39 is 16.0 Å². The van der Waals surface area contributed by atoms with Crippen LogP contribution in [-0.4, -0.2) is 26.5 Å². The summed E-state index contributed by atoms with van der Waals surface area (Å²) in [6, 6.07) is 6.00. The smallest absolute Gasteiger partial charge is 0.337 e. The van der Waals surface area contributed by atoms with Crippen molar-refractivity contribution in [3.63, 3.8) is 0 Å². The average molecular weight is 347 g/mol. The van der Waals surface area contributed by atoms with E-state index in [0.717, 1.165) is 11.3 Å². The summed E-state index contributed by atoms with van der Waals surface area (Å²) < 4.78 is 31.7. The first-order chi connectivity index (χ1) is 9.83. The lowest BCUT2D eigenvalue weighted by Crippen LogP contribution is -2.13. The van der Waals surface area contributed by atoms with Gasteiger partial charge in [-0.2, -0.15) is 0 Å². The minimum atomic E-state index is -3.80. The Hall–Kier alpha value is -1.64. The largest absolute Gasteiger partial charge is 0.465 e. The molecule has 0 spiro atoms. The number of rotatable bonds is 4. The van der Waals surface area contributed by atoms with Crippen LogP contribution in [-0.2, 0) is 14.8 Å². The molecular weight excluding hydrogens is 336 g/mol. The number of thiazole rings is 1. The second kappa shape index (κ2) is 6.00. The summed E-state index contributed by atoms with van der Waals surface area (Å²) in [6.07, 6.45) is 0. The molecule has 0 saturated heterocycles. The molecule has 0 unspecified atom stereocenters. The average Bonchev–Trinajstić information content (AvgIpc) is 2.77. The number of methoxy groups -OCH3 is 1. The summed E-state index contributed by atoms with van der Waals surface area (Å²) in [4.78, 5) is 15.3. The maximum Gasteiger partial charge on any atom is 0.337 e. The Morgan fingerprint density at radius 2 is 2.14 bits per heavy atom. The summed E-state index contributed by atoms with van der Waals surface area (Å²) in [5.74, 6) is -0.548. The molecule has 21 heavy (non-hydrogen) atoms. The van der Waals surface area contributed by atoms with Gasteiger partial charge in [-0.05, 0) is 25.1 Å². The van der Waals surface area contributed by atoms with Crippen LogP contribution >= 0.6 is 22.9 Å². The molecule has 0 fully saturated rings. The van der Waals surface area contributed by atoms with Gasteiger partial charge in [-0.3, -0.25) is 4.72 Å². The third-order valence-electron chi connectivity index (χ3n) is 2.51. The molecule has 6 nitrogen and oxygen atoms in total. The molecule has 0 amide bonds. The fourth-order valence-corrected chi connectivity index (χ4v) is 4.42. The number of benzene rings is 1. The normalized spacial score (nSPS) is 11.2. The van der Waals surface area contributed by atoms with Crippen molar-refractivity contribution in [3.05, 3.63) is 40.0 Å². The van der Waals surface area contributed by atoms with Gasteiger partial charge in [0.15, 0.2) is 8.68 Å². The molecule has 0 aliphatic heterocycles. The summed E-state index contributed by atoms with van der Waals surface area (Å²) in [7, 11) is -2.55. The Balaban J connectivity index is 2.33. The number of nitrogens with zero attached hydrogens (tertiary/aromatic N) is 1. The SMILES string of the molecule is COC(=O)c1cccc(NS(=O)(=O)c2sc(Cl)nc2C)c1. The third-order valence-corrected chi connectivity index (χ3v) is 5.76. The van der Waals surface area contributed by atoms with Gasteiger partial charge < -0.3 is 4.74 Å². The van der Waals surface area contributed by atoms with E-state index >= 15 is 0 Å². The molecule has 1 heterocycles. The summed E-state index contributed by atoms with van der Waals surface area (Å²) in [5.41, 5.74) is 0.820. The first-order valence-electron chi connectivity index (χ1n) is 5.67. The van der Waals surface area contributed by atoms with E-state index in [4.69, 9.17) is 11.6 Å². The van der Waals surface area contributed by atoms with Gasteiger partial charge in [0.05, 0.1) is 18.4 Å². The van der Waals surface area contributed by atoms with Crippen LogP contribution in [0.2, 0.25) is 4.47 Å². The van der Waals surface area contributed by atoms with Crippen LogP contribution in [0.1, 0.15) is 16.1 Å². The maximum atomic E-state index is 12.3. The lowest BCUT2D eigenvalue weighted by molar-refractivity contribution is 0.0601. The van der Waals surface area contributed by atoms with Gasteiger partial charge in [0.25, 0.3) is 10.0 Å². The number of sulfonamides is 1. The standard InChI is InChI=1S/C12H11ClN2O4S2/c1-7-11(20-12(13)14-7)21(17,18)15-9-5-3-4-8(6-9)10(16)19-2/h3-6,15H,1-2H3. The van der Waals surface area contributed by atoms with Gasteiger partial charge >= 0.3 is 5.97 Å². The van der Waals surface area contributed by atoms with Gasteiger partial charge in [-0.25, -0.2) is 18.2 Å². The van der Waals surface area contributed by atoms with Gasteiger partial charge in [0.2, 0.25) is 0 Å². The Morgan fingerprint density at radius 1 is 1.43 bits per heavy atom. The van der Waals surface area contributed by atoms with Crippen LogP contribution in [0.3, 0.4) is 0 Å². The number of halogens is 1. The Morgan fingerprint density at radius 3 is 2.71 bits per heavy atom. The molecule has 0 saturated carbocycles. The number of anilines is 1. The van der Waals surface area contributed by atoms with E-state index in [0.29, 0.717) is 5.69 Å². The molecule has 1 aromatic heterocycles. The minimum absolute atomic E-state index is 0.0379. The Bertz CT molecular complexity index is 786. The van der Waals surface area contributed by atoms with Crippen molar-refractivity contribution < 1.29 is 17.9 Å². The summed E-state index contributed by atoms with van der Waals surface area (Å²) in [5, 5.41) is 0. The van der Waals surface area contributed by atoms with E-state index in [9.17, 15) is 13.2 Å². The number of esters is 1. The van der Waals surface area contributed by atoms with Gasteiger partial charge in [-0.15, -0.1) is 0 Å². The fraction of sp³-hybridized carbons (Fsp3) is 0.167. The molecule has 112 valence electrons. The Labute approximate surface area is 130 Å². The Kier molecular flexibility index (Phi) is 4.50. The van der Waals surface area contributed by atoms with E-state index in [1.54, 1.807) is 13.0 Å². The van der Waals surface area contributed by atoms with Crippen molar-refractivity contribution in [2.24, 2.45) is 0 Å². The molecule has 0 radical (unpaired) electrons.